The molecule has 176 valence electrons. The number of rotatable bonds is 20. The van der Waals surface area contributed by atoms with Crippen LogP contribution in [0.3, 0.4) is 0 Å². The van der Waals surface area contributed by atoms with Gasteiger partial charge in [0.05, 0.1) is 6.54 Å². The van der Waals surface area contributed by atoms with Gasteiger partial charge in [-0.15, -0.1) is 0 Å². The Hall–Kier alpha value is -1.36. The minimum atomic E-state index is -0.520. The minimum Gasteiger partial charge on any atom is -0.441 e. The van der Waals surface area contributed by atoms with Gasteiger partial charge in [0.15, 0.2) is 6.23 Å². The van der Waals surface area contributed by atoms with Gasteiger partial charge in [0.25, 0.3) is 0 Å². The molecule has 0 aliphatic heterocycles. The van der Waals surface area contributed by atoms with Gasteiger partial charge >= 0.3 is 5.97 Å². The summed E-state index contributed by atoms with van der Waals surface area (Å²) < 4.78 is 5.29. The molecule has 0 saturated carbocycles. The van der Waals surface area contributed by atoms with Gasteiger partial charge in [-0.25, -0.2) is 0 Å². The van der Waals surface area contributed by atoms with Crippen LogP contribution in [0, 0.1) is 0 Å². The van der Waals surface area contributed by atoms with E-state index in [9.17, 15) is 9.59 Å². The van der Waals surface area contributed by atoms with E-state index >= 15 is 0 Å². The van der Waals surface area contributed by atoms with E-state index in [0.29, 0.717) is 12.8 Å². The van der Waals surface area contributed by atoms with Crippen LogP contribution >= 0.6 is 0 Å². The predicted molar refractivity (Wildman–Crippen MR) is 126 cm³/mol. The van der Waals surface area contributed by atoms with E-state index in [1.807, 2.05) is 21.0 Å². The molecule has 0 aromatic carbocycles. The van der Waals surface area contributed by atoms with Crippen molar-refractivity contribution in [3.05, 3.63) is 12.2 Å². The molecule has 0 radical (unpaired) electrons. The van der Waals surface area contributed by atoms with Crippen LogP contribution in [0.4, 0.5) is 0 Å². The van der Waals surface area contributed by atoms with Gasteiger partial charge in [-0.1, -0.05) is 77.4 Å². The van der Waals surface area contributed by atoms with Crippen molar-refractivity contribution >= 4 is 11.9 Å². The summed E-state index contributed by atoms with van der Waals surface area (Å²) in [7, 11) is 3.63. The highest BCUT2D eigenvalue weighted by Crippen LogP contribution is 2.10. The van der Waals surface area contributed by atoms with E-state index in [2.05, 4.69) is 24.4 Å². The average Bonchev–Trinajstić information content (AvgIpc) is 2.69. The SMILES string of the molecule is CCCCCCCCC=CCCCCCCCC(=O)NC(CC)OC(=O)CN(C)C. The molecular formula is C25H48N2O3. The van der Waals surface area contributed by atoms with E-state index < -0.39 is 6.23 Å². The van der Waals surface area contributed by atoms with Crippen LogP contribution < -0.4 is 5.32 Å². The number of amides is 1. The van der Waals surface area contributed by atoms with Crippen LogP contribution in [0.15, 0.2) is 12.2 Å². The summed E-state index contributed by atoms with van der Waals surface area (Å²) in [5.41, 5.74) is 0. The Labute approximate surface area is 186 Å². The summed E-state index contributed by atoms with van der Waals surface area (Å²) in [4.78, 5) is 25.5. The average molecular weight is 425 g/mol. The number of carbonyl (C=O) groups excluding carboxylic acids is 2. The summed E-state index contributed by atoms with van der Waals surface area (Å²) in [5.74, 6) is -0.342. The molecule has 1 atom stereocenters. The maximum absolute atomic E-state index is 12.0. The minimum absolute atomic E-state index is 0.0304. The Balaban J connectivity index is 3.55. The highest BCUT2D eigenvalue weighted by Gasteiger charge is 2.15. The van der Waals surface area contributed by atoms with Gasteiger partial charge in [-0.05, 0) is 46.2 Å². The monoisotopic (exact) mass is 424 g/mol. The van der Waals surface area contributed by atoms with E-state index in [1.165, 1.54) is 70.6 Å². The molecule has 30 heavy (non-hydrogen) atoms. The molecule has 0 aliphatic carbocycles. The maximum atomic E-state index is 12.0. The van der Waals surface area contributed by atoms with E-state index in [-0.39, 0.29) is 18.4 Å². The van der Waals surface area contributed by atoms with Crippen molar-refractivity contribution in [1.82, 2.24) is 10.2 Å². The lowest BCUT2D eigenvalue weighted by atomic mass is 10.1. The summed E-state index contributed by atoms with van der Waals surface area (Å²) in [5, 5.41) is 2.81. The second-order valence-corrected chi connectivity index (χ2v) is 8.53. The molecule has 5 heteroatoms. The third-order valence-corrected chi connectivity index (χ3v) is 5.08. The quantitative estimate of drug-likeness (QED) is 0.113. The van der Waals surface area contributed by atoms with Crippen LogP contribution in [-0.4, -0.2) is 43.6 Å². The van der Waals surface area contributed by atoms with E-state index in [1.54, 1.807) is 4.90 Å². The first-order valence-corrected chi connectivity index (χ1v) is 12.3. The number of nitrogens with zero attached hydrogens (tertiary/aromatic N) is 1. The fourth-order valence-electron chi connectivity index (χ4n) is 3.28. The molecule has 0 aromatic heterocycles. The number of ether oxygens (including phenoxy) is 1. The van der Waals surface area contributed by atoms with Crippen molar-refractivity contribution in [2.24, 2.45) is 0 Å². The second kappa shape index (κ2) is 20.9. The van der Waals surface area contributed by atoms with Crippen LogP contribution in [0.1, 0.15) is 110 Å². The van der Waals surface area contributed by atoms with Crippen molar-refractivity contribution in [3.63, 3.8) is 0 Å². The summed E-state index contributed by atoms with van der Waals surface area (Å²) in [6, 6.07) is 0. The molecule has 0 rings (SSSR count). The zero-order chi connectivity index (χ0) is 22.5. The standard InChI is InChI=1S/C25H48N2O3/c1-5-7-8-9-10-11-12-13-14-15-16-17-18-19-20-21-23(28)26-24(6-2)30-25(29)22-27(3)4/h13-14,24H,5-12,15-22H2,1-4H3,(H,26,28). The first-order chi connectivity index (χ1) is 14.5. The number of allylic oxidation sites excluding steroid dienone is 2. The van der Waals surface area contributed by atoms with Crippen molar-refractivity contribution in [2.45, 2.75) is 116 Å². The Bertz CT molecular complexity index is 450. The number of esters is 1. The molecular weight excluding hydrogens is 376 g/mol. The molecule has 1 amide bonds. The normalized spacial score (nSPS) is 12.4. The highest BCUT2D eigenvalue weighted by atomic mass is 16.6. The lowest BCUT2D eigenvalue weighted by Gasteiger charge is -2.19. The first kappa shape index (κ1) is 28.6. The smallest absolute Gasteiger partial charge is 0.322 e. The van der Waals surface area contributed by atoms with Gasteiger partial charge in [0.1, 0.15) is 0 Å². The summed E-state index contributed by atoms with van der Waals surface area (Å²) in [6.07, 6.45) is 21.4. The maximum Gasteiger partial charge on any atom is 0.322 e. The Kier molecular flexibility index (Phi) is 19.9. The molecule has 0 fully saturated rings. The highest BCUT2D eigenvalue weighted by molar-refractivity contribution is 5.77. The second-order valence-electron chi connectivity index (χ2n) is 8.53. The molecule has 5 nitrogen and oxygen atoms in total. The molecule has 0 bridgehead atoms. The topological polar surface area (TPSA) is 58.6 Å². The predicted octanol–water partition coefficient (Wildman–Crippen LogP) is 5.98. The summed E-state index contributed by atoms with van der Waals surface area (Å²) >= 11 is 0. The lowest BCUT2D eigenvalue weighted by Crippen LogP contribution is -2.39. The van der Waals surface area contributed by atoms with Crippen LogP contribution in [0.5, 0.6) is 0 Å². The number of hydrogen-bond donors (Lipinski definition) is 1. The number of hydrogen-bond acceptors (Lipinski definition) is 4. The molecule has 1 N–H and O–H groups in total. The van der Waals surface area contributed by atoms with Gasteiger partial charge in [0.2, 0.25) is 5.91 Å². The van der Waals surface area contributed by atoms with E-state index in [4.69, 9.17) is 4.74 Å². The largest absolute Gasteiger partial charge is 0.441 e. The molecule has 0 heterocycles. The Morgan fingerprint density at radius 1 is 0.833 bits per heavy atom. The van der Waals surface area contributed by atoms with Crippen molar-refractivity contribution in [3.8, 4) is 0 Å². The van der Waals surface area contributed by atoms with Crippen LogP contribution in [0.2, 0.25) is 0 Å². The molecule has 0 saturated heterocycles. The van der Waals surface area contributed by atoms with Gasteiger partial charge in [-0.2, -0.15) is 0 Å². The van der Waals surface area contributed by atoms with Crippen molar-refractivity contribution < 1.29 is 14.3 Å². The van der Waals surface area contributed by atoms with Crippen LogP contribution in [-0.2, 0) is 14.3 Å². The molecule has 0 spiro atoms. The van der Waals surface area contributed by atoms with Gasteiger partial charge < -0.3 is 10.1 Å². The third kappa shape index (κ3) is 19.9. The Morgan fingerprint density at radius 3 is 1.90 bits per heavy atom. The number of likely N-dealkylation sites (N-methyl/N-ethyl adjacent to an activating group) is 1. The lowest BCUT2D eigenvalue weighted by molar-refractivity contribution is -0.153. The van der Waals surface area contributed by atoms with Gasteiger partial charge in [0, 0.05) is 12.8 Å². The third-order valence-electron chi connectivity index (χ3n) is 5.08. The summed E-state index contributed by atoms with van der Waals surface area (Å²) in [6.45, 7) is 4.38. The number of nitrogens with one attached hydrogen (secondary N) is 1. The fourth-order valence-corrected chi connectivity index (χ4v) is 3.28. The fraction of sp³-hybridized carbons (Fsp3) is 0.840. The number of unbranched alkanes of at least 4 members (excludes halogenated alkanes) is 11. The first-order valence-electron chi connectivity index (χ1n) is 12.3. The molecule has 0 aromatic rings. The molecule has 1 unspecified atom stereocenters. The van der Waals surface area contributed by atoms with Gasteiger partial charge in [-0.3, -0.25) is 14.5 Å². The van der Waals surface area contributed by atoms with E-state index in [0.717, 1.165) is 12.8 Å². The number of carbonyl (C=O) groups is 2. The zero-order valence-electron chi connectivity index (χ0n) is 20.2. The molecule has 0 aliphatic rings. The Morgan fingerprint density at radius 2 is 1.37 bits per heavy atom. The van der Waals surface area contributed by atoms with Crippen molar-refractivity contribution in [1.29, 1.82) is 0 Å². The zero-order valence-corrected chi connectivity index (χ0v) is 20.2. The van der Waals surface area contributed by atoms with Crippen LogP contribution in [0.25, 0.3) is 0 Å². The van der Waals surface area contributed by atoms with Crippen molar-refractivity contribution in [2.75, 3.05) is 20.6 Å².